The summed E-state index contributed by atoms with van der Waals surface area (Å²) >= 11 is 0. The number of ether oxygens (including phenoxy) is 4. The predicted octanol–water partition coefficient (Wildman–Crippen LogP) is 10.7. The van der Waals surface area contributed by atoms with E-state index >= 15 is 0 Å². The third-order valence-corrected chi connectivity index (χ3v) is 21.8. The number of piperidine rings is 1. The number of fused-ring (bicyclic) bond motifs is 3. The van der Waals surface area contributed by atoms with Gasteiger partial charge in [-0.05, 0) is 144 Å². The second-order valence-corrected chi connectivity index (χ2v) is 28.5. The number of ketones is 4. The molecular weight excluding hydrogens is 915 g/mol. The van der Waals surface area contributed by atoms with Crippen LogP contribution in [-0.4, -0.2) is 124 Å². The van der Waals surface area contributed by atoms with Crippen LogP contribution in [0, 0.1) is 35.5 Å². The molecule has 1 saturated carbocycles. The molecule has 2 saturated heterocycles. The standard InChI is InChI=1S/C58H95NO11Si/c1-37-21-17-16-18-22-38(2)51(66-11)36-45-27-25-42(6)58(10,69-45)55(64)56(65)59-30-20-19-23-46(59)50(63)35-44(39(3)32-43-26-29-47(60)52(33-43)67-12)34-49(62)40(4)31-41(5)53(54(68-13)48(61)28-24-37)70-71(14,15)57(7,8)9/h16-18,21-22,31,37,39-40,42-47,51-54,60H,19-20,23-30,32-36H2,1-15H3/b18-16+,21-17+,38-22+,41-31+/t37-,39-,40-,42-,43+,44-,45+,46+,47-,51+,52-,53?,54+,58?/m1/s1. The third kappa shape index (κ3) is 16.3. The van der Waals surface area contributed by atoms with Gasteiger partial charge in [-0.25, -0.2) is 0 Å². The smallest absolute Gasteiger partial charge is 0.293 e. The first kappa shape index (κ1) is 60.6. The Bertz CT molecular complexity index is 1930. The number of carbonyl (C=O) groups is 5. The average molecular weight is 1010 g/mol. The van der Waals surface area contributed by atoms with E-state index in [0.29, 0.717) is 57.9 Å². The molecule has 1 amide bonds. The van der Waals surface area contributed by atoms with Crippen molar-refractivity contribution in [3.05, 3.63) is 47.6 Å². The summed E-state index contributed by atoms with van der Waals surface area (Å²) in [6.45, 7) is 24.8. The number of methoxy groups -OCH3 is 3. The van der Waals surface area contributed by atoms with Crippen LogP contribution in [0.2, 0.25) is 18.1 Å². The number of nitrogens with zero attached hydrogens (tertiary/aromatic N) is 1. The lowest BCUT2D eigenvalue weighted by atomic mass is 9.74. The van der Waals surface area contributed by atoms with E-state index < -0.39 is 55.9 Å². The largest absolute Gasteiger partial charge is 0.407 e. The SMILES string of the molecule is CO[C@H]1C[C@@H]2CC[C@@H](C)C(C)(O2)C(=O)C(=O)N2CCCC[C@H]2C(=O)C[C@H]([C@H](C)C[C@@H]2CC[C@@H](O)[C@H](OC)C2)CC(=O)[C@H](C)/C=C(\C)C(O[Si](C)(C)C(C)(C)C)[C@@H](OC)C(=O)CC[C@H](C)/C=C/C=C/C=C/1C. The molecule has 402 valence electrons. The van der Waals surface area contributed by atoms with Crippen LogP contribution >= 0.6 is 0 Å². The van der Waals surface area contributed by atoms with Gasteiger partial charge in [0.1, 0.15) is 17.5 Å². The van der Waals surface area contributed by atoms with Crippen LogP contribution < -0.4 is 0 Å². The molecule has 0 aromatic carbocycles. The molecule has 4 aliphatic rings. The second-order valence-electron chi connectivity index (χ2n) is 23.8. The van der Waals surface area contributed by atoms with Crippen LogP contribution in [0.4, 0.5) is 0 Å². The fraction of sp³-hybridized carbons (Fsp3) is 0.776. The molecular formula is C58H95NO11Si. The number of rotatable bonds is 8. The number of hydrogen-bond donors (Lipinski definition) is 1. The fourth-order valence-electron chi connectivity index (χ4n) is 11.1. The van der Waals surface area contributed by atoms with Crippen LogP contribution in [0.25, 0.3) is 0 Å². The van der Waals surface area contributed by atoms with Crippen molar-refractivity contribution in [2.75, 3.05) is 27.9 Å². The maximum Gasteiger partial charge on any atom is 0.293 e. The van der Waals surface area contributed by atoms with Crippen LogP contribution in [-0.2, 0) is 47.3 Å². The summed E-state index contributed by atoms with van der Waals surface area (Å²) in [6.07, 6.45) is 16.7. The molecule has 0 aromatic rings. The van der Waals surface area contributed by atoms with Crippen LogP contribution in [0.3, 0.4) is 0 Å². The summed E-state index contributed by atoms with van der Waals surface area (Å²) in [5.41, 5.74) is 0.359. The summed E-state index contributed by atoms with van der Waals surface area (Å²) in [5, 5.41) is 10.5. The topological polar surface area (TPSA) is 155 Å². The Morgan fingerprint density at radius 1 is 0.817 bits per heavy atom. The van der Waals surface area contributed by atoms with Gasteiger partial charge in [-0.3, -0.25) is 24.0 Å². The summed E-state index contributed by atoms with van der Waals surface area (Å²) in [6, 6.07) is -0.796. The highest BCUT2D eigenvalue weighted by atomic mass is 28.4. The van der Waals surface area contributed by atoms with E-state index in [1.807, 2.05) is 58.1 Å². The Balaban J connectivity index is 1.77. The molecule has 3 fully saturated rings. The first-order valence-corrected chi connectivity index (χ1v) is 29.9. The summed E-state index contributed by atoms with van der Waals surface area (Å²) in [7, 11) is 2.37. The molecule has 2 bridgehead atoms. The Labute approximate surface area is 429 Å². The van der Waals surface area contributed by atoms with Crippen molar-refractivity contribution in [2.24, 2.45) is 35.5 Å². The number of carbonyl (C=O) groups excluding carboxylic acids is 5. The van der Waals surface area contributed by atoms with Gasteiger partial charge in [0.25, 0.3) is 11.7 Å². The Kier molecular flexibility index (Phi) is 23.1. The number of Topliss-reactive ketones (excluding diaryl/α,β-unsaturated/α-hetero) is 4. The third-order valence-electron chi connectivity index (χ3n) is 17.3. The zero-order chi connectivity index (χ0) is 53.0. The van der Waals surface area contributed by atoms with Gasteiger partial charge >= 0.3 is 0 Å². The van der Waals surface area contributed by atoms with Gasteiger partial charge in [0.15, 0.2) is 19.9 Å². The van der Waals surface area contributed by atoms with Crippen molar-refractivity contribution >= 4 is 37.4 Å². The Morgan fingerprint density at radius 3 is 2.15 bits per heavy atom. The highest BCUT2D eigenvalue weighted by Gasteiger charge is 2.51. The van der Waals surface area contributed by atoms with Crippen molar-refractivity contribution in [2.45, 2.75) is 226 Å². The number of allylic oxidation sites excluding steroid dienone is 6. The van der Waals surface area contributed by atoms with E-state index in [1.54, 1.807) is 28.3 Å². The Hall–Kier alpha value is -2.91. The van der Waals surface area contributed by atoms with E-state index in [4.69, 9.17) is 23.4 Å². The fourth-order valence-corrected chi connectivity index (χ4v) is 12.4. The van der Waals surface area contributed by atoms with Crippen molar-refractivity contribution in [1.29, 1.82) is 0 Å². The van der Waals surface area contributed by atoms with Gasteiger partial charge in [-0.2, -0.15) is 0 Å². The van der Waals surface area contributed by atoms with Crippen molar-refractivity contribution < 1.29 is 52.5 Å². The minimum Gasteiger partial charge on any atom is -0.407 e. The molecule has 14 atom stereocenters. The highest BCUT2D eigenvalue weighted by Crippen LogP contribution is 2.41. The molecule has 12 nitrogen and oxygen atoms in total. The van der Waals surface area contributed by atoms with Crippen LogP contribution in [0.15, 0.2) is 47.6 Å². The average Bonchev–Trinajstić information content (AvgIpc) is 3.32. The Morgan fingerprint density at radius 2 is 1.51 bits per heavy atom. The molecule has 3 aliphatic heterocycles. The zero-order valence-corrected chi connectivity index (χ0v) is 47.6. The van der Waals surface area contributed by atoms with E-state index in [0.717, 1.165) is 30.4 Å². The lowest BCUT2D eigenvalue weighted by Crippen LogP contribution is -2.59. The summed E-state index contributed by atoms with van der Waals surface area (Å²) in [4.78, 5) is 74.4. The van der Waals surface area contributed by atoms with E-state index in [9.17, 15) is 29.1 Å². The normalized spacial score (nSPS) is 37.6. The molecule has 0 aromatic heterocycles. The number of aliphatic hydroxyl groups excluding tert-OH is 1. The molecule has 2 unspecified atom stereocenters. The minimum atomic E-state index is -2.48. The number of aliphatic hydroxyl groups is 1. The van der Waals surface area contributed by atoms with Gasteiger partial charge in [0.2, 0.25) is 0 Å². The number of amides is 1. The first-order valence-electron chi connectivity index (χ1n) is 27.0. The van der Waals surface area contributed by atoms with Crippen LogP contribution in [0.5, 0.6) is 0 Å². The van der Waals surface area contributed by atoms with E-state index in [-0.39, 0.29) is 89.6 Å². The maximum absolute atomic E-state index is 14.9. The maximum atomic E-state index is 14.9. The molecule has 13 heteroatoms. The molecule has 4 rings (SSSR count). The van der Waals surface area contributed by atoms with Gasteiger partial charge in [-0.1, -0.05) is 84.9 Å². The van der Waals surface area contributed by atoms with Crippen LogP contribution in [0.1, 0.15) is 159 Å². The lowest BCUT2D eigenvalue weighted by Gasteiger charge is -2.44. The lowest BCUT2D eigenvalue weighted by molar-refractivity contribution is -0.183. The van der Waals surface area contributed by atoms with Gasteiger partial charge < -0.3 is 33.4 Å². The van der Waals surface area contributed by atoms with Crippen molar-refractivity contribution in [3.8, 4) is 0 Å². The van der Waals surface area contributed by atoms with E-state index in [1.165, 1.54) is 4.90 Å². The van der Waals surface area contributed by atoms with Gasteiger partial charge in [-0.15, -0.1) is 0 Å². The molecule has 0 spiro atoms. The number of hydrogen-bond acceptors (Lipinski definition) is 11. The minimum absolute atomic E-state index is 0.0356. The summed E-state index contributed by atoms with van der Waals surface area (Å²) < 4.78 is 31.4. The highest BCUT2D eigenvalue weighted by molar-refractivity contribution is 6.74. The molecule has 3 heterocycles. The van der Waals surface area contributed by atoms with Crippen molar-refractivity contribution in [1.82, 2.24) is 4.90 Å². The summed E-state index contributed by atoms with van der Waals surface area (Å²) in [5.74, 6) is -2.41. The van der Waals surface area contributed by atoms with Gasteiger partial charge in [0.05, 0.1) is 36.6 Å². The quantitative estimate of drug-likeness (QED) is 0.140. The van der Waals surface area contributed by atoms with Crippen molar-refractivity contribution in [3.63, 3.8) is 0 Å². The molecule has 0 radical (unpaired) electrons. The monoisotopic (exact) mass is 1010 g/mol. The predicted molar refractivity (Wildman–Crippen MR) is 283 cm³/mol. The second kappa shape index (κ2) is 27.0. The molecule has 71 heavy (non-hydrogen) atoms. The molecule has 1 aliphatic carbocycles. The molecule has 1 N–H and O–H groups in total. The van der Waals surface area contributed by atoms with Gasteiger partial charge in [0, 0.05) is 59.5 Å². The first-order chi connectivity index (χ1) is 33.3. The van der Waals surface area contributed by atoms with E-state index in [2.05, 4.69) is 53.8 Å². The zero-order valence-electron chi connectivity index (χ0n) is 46.6.